The minimum atomic E-state index is -3.56. The van der Waals surface area contributed by atoms with Crippen molar-refractivity contribution in [3.63, 3.8) is 0 Å². The van der Waals surface area contributed by atoms with Crippen LogP contribution in [0.15, 0.2) is 195 Å². The van der Waals surface area contributed by atoms with Crippen LogP contribution in [0.2, 0.25) is 0 Å². The van der Waals surface area contributed by atoms with Crippen molar-refractivity contribution in [3.05, 3.63) is 240 Å². The Balaban J connectivity index is 2.13. The average Bonchev–Trinajstić information content (AvgIpc) is 3.57. The molecule has 24 heteroatoms. The first kappa shape index (κ1) is 64.2. The van der Waals surface area contributed by atoms with Gasteiger partial charge in [-0.1, -0.05) is 116 Å². The van der Waals surface area contributed by atoms with E-state index in [4.69, 9.17) is 58.0 Å². The molecule has 0 aliphatic carbocycles. The molecule has 0 aromatic heterocycles. The van der Waals surface area contributed by atoms with Gasteiger partial charge in [0.25, 0.3) is 0 Å². The summed E-state index contributed by atoms with van der Waals surface area (Å²) >= 11 is 0. The standard InChI is InChI=1S/C57H60O20Si4/c1-13-78(14-2)49(66-53(62)74-70-45(58)41-29-21-37(9)22-30-41)57(50(79(15-3)16-4)67-54(63)75-71-46(59)42-31-23-38(10)24-32-42,51(80(17-5)18-6)68-55(64)76-72-47(60)43-33-25-39(11)26-34-43)52(81(19-7)20-8)69-56(65)77-73-48(61)44-35-27-40(12)28-36-44/h13-36,49-52,78-81H,1-8H2,9-12H3. The van der Waals surface area contributed by atoms with Gasteiger partial charge in [0.05, 0.1) is 22.3 Å². The molecule has 0 saturated heterocycles. The fourth-order valence-corrected chi connectivity index (χ4v) is 18.2. The smallest absolute Gasteiger partial charge is 0.431 e. The van der Waals surface area contributed by atoms with Gasteiger partial charge in [-0.3, -0.25) is 0 Å². The second-order valence-electron chi connectivity index (χ2n) is 17.6. The zero-order valence-electron chi connectivity index (χ0n) is 44.8. The normalized spacial score (nSPS) is 12.8. The average molecular weight is 1180 g/mol. The molecule has 0 aliphatic heterocycles. The maximum atomic E-state index is 14.5. The molecule has 4 atom stereocenters. The Morgan fingerprint density at radius 2 is 0.469 bits per heavy atom. The van der Waals surface area contributed by atoms with Gasteiger partial charge in [0.2, 0.25) is 0 Å². The number of hydrogen-bond acceptors (Lipinski definition) is 20. The summed E-state index contributed by atoms with van der Waals surface area (Å²) in [7, 11) is -14.2. The molecule has 0 bridgehead atoms. The zero-order valence-corrected chi connectivity index (χ0v) is 49.4. The Bertz CT molecular complexity index is 2540. The maximum absolute atomic E-state index is 14.5. The number of benzene rings is 4. The molecule has 0 saturated carbocycles. The van der Waals surface area contributed by atoms with Crippen molar-refractivity contribution in [2.45, 2.75) is 50.6 Å². The fraction of sp³-hybridized carbons (Fsp3) is 0.158. The highest BCUT2D eigenvalue weighted by atomic mass is 28.3. The van der Waals surface area contributed by atoms with E-state index in [-0.39, 0.29) is 22.3 Å². The number of hydrogen-bond donors (Lipinski definition) is 0. The molecule has 0 heterocycles. The lowest BCUT2D eigenvalue weighted by Gasteiger charge is -2.54. The summed E-state index contributed by atoms with van der Waals surface area (Å²) in [6.45, 7) is 38.9. The Morgan fingerprint density at radius 3 is 0.617 bits per heavy atom. The van der Waals surface area contributed by atoms with Crippen molar-refractivity contribution in [2.75, 3.05) is 0 Å². The van der Waals surface area contributed by atoms with Crippen molar-refractivity contribution in [1.82, 2.24) is 0 Å². The molecule has 4 aromatic rings. The Morgan fingerprint density at radius 1 is 0.309 bits per heavy atom. The molecular formula is C57H60O20Si4. The molecule has 0 aliphatic rings. The van der Waals surface area contributed by atoms with Gasteiger partial charge in [-0.25, -0.2) is 58.3 Å². The van der Waals surface area contributed by atoms with Crippen LogP contribution < -0.4 is 0 Å². The molecule has 0 spiro atoms. The van der Waals surface area contributed by atoms with Crippen LogP contribution in [0, 0.1) is 33.1 Å². The maximum Gasteiger partial charge on any atom is 0.549 e. The van der Waals surface area contributed by atoms with Crippen LogP contribution >= 0.6 is 0 Å². The molecule has 0 amide bonds. The van der Waals surface area contributed by atoms with E-state index in [1.807, 2.05) is 0 Å². The highest BCUT2D eigenvalue weighted by Gasteiger charge is 2.68. The summed E-state index contributed by atoms with van der Waals surface area (Å²) in [5, 5.41) is 0. The summed E-state index contributed by atoms with van der Waals surface area (Å²) in [6, 6.07) is 23.7. The van der Waals surface area contributed by atoms with Crippen molar-refractivity contribution < 1.29 is 96.4 Å². The molecule has 0 N–H and O–H groups in total. The van der Waals surface area contributed by atoms with E-state index >= 15 is 0 Å². The molecular weight excluding hydrogens is 1120 g/mol. The van der Waals surface area contributed by atoms with Crippen molar-refractivity contribution in [3.8, 4) is 0 Å². The van der Waals surface area contributed by atoms with Crippen LogP contribution in [0.5, 0.6) is 0 Å². The third-order valence-corrected chi connectivity index (χ3v) is 22.3. The second kappa shape index (κ2) is 31.3. The summed E-state index contributed by atoms with van der Waals surface area (Å²) in [5.74, 6) is -4.68. The highest BCUT2D eigenvalue weighted by molar-refractivity contribution is 6.76. The van der Waals surface area contributed by atoms with Gasteiger partial charge in [-0.05, 0) is 76.2 Å². The summed E-state index contributed by atoms with van der Waals surface area (Å²) in [6.07, 6.45) is -7.16. The van der Waals surface area contributed by atoms with Crippen LogP contribution in [0.25, 0.3) is 0 Å². The molecule has 4 aromatic carbocycles. The van der Waals surface area contributed by atoms with Crippen LogP contribution in [-0.2, 0) is 58.0 Å². The molecule has 0 fully saturated rings. The number of aryl methyl sites for hydroxylation is 4. The lowest BCUT2D eigenvalue weighted by molar-refractivity contribution is -0.237. The lowest BCUT2D eigenvalue weighted by atomic mass is 9.89. The molecule has 0 radical (unpaired) electrons. The first-order valence-corrected chi connectivity index (χ1v) is 32.4. The number of ether oxygens (including phenoxy) is 4. The highest BCUT2D eigenvalue weighted by Crippen LogP contribution is 2.48. The van der Waals surface area contributed by atoms with Crippen LogP contribution in [0.4, 0.5) is 19.2 Å². The molecule has 4 unspecified atom stereocenters. The molecule has 4 rings (SSSR count). The Hall–Kier alpha value is -9.37. The second-order valence-corrected chi connectivity index (χ2v) is 28.4. The van der Waals surface area contributed by atoms with Gasteiger partial charge in [-0.2, -0.15) is 19.2 Å². The first-order valence-electron chi connectivity index (χ1n) is 24.4. The van der Waals surface area contributed by atoms with Crippen molar-refractivity contribution >= 4 is 83.7 Å². The summed E-state index contributed by atoms with van der Waals surface area (Å²) in [5.41, 5.74) is 2.07. The SMILES string of the molecule is C=C[SiH](C=C)C(OC(=O)OOC(=O)c1ccc(C)cc1)C(C(OC(=O)OOC(=O)c1ccc(C)cc1)[SiH](C=C)C=C)(C(OC(=O)OOC(=O)c1ccc(C)cc1)[SiH](C=C)C=C)C(OC(=O)OOC(=O)c1ccc(C)cc1)[SiH](C=C)C=C. The van der Waals surface area contributed by atoms with Crippen LogP contribution in [0.1, 0.15) is 63.7 Å². The van der Waals surface area contributed by atoms with Gasteiger partial charge in [0.15, 0.2) is 0 Å². The Kier molecular flexibility index (Phi) is 24.8. The van der Waals surface area contributed by atoms with E-state index in [9.17, 15) is 38.4 Å². The summed E-state index contributed by atoms with van der Waals surface area (Å²) < 4.78 is 25.0. The third-order valence-electron chi connectivity index (χ3n) is 12.3. The monoisotopic (exact) mass is 1180 g/mol. The topological polar surface area (TPSA) is 247 Å². The number of carbonyl (C=O) groups is 8. The van der Waals surface area contributed by atoms with E-state index < -0.39 is 112 Å². The van der Waals surface area contributed by atoms with E-state index in [1.165, 1.54) is 94.1 Å². The summed E-state index contributed by atoms with van der Waals surface area (Å²) in [4.78, 5) is 151. The van der Waals surface area contributed by atoms with Gasteiger partial charge in [0, 0.05) is 0 Å². The minimum absolute atomic E-state index is 0.0636. The number of carbonyl (C=O) groups excluding carboxylic acids is 8. The zero-order chi connectivity index (χ0) is 59.8. The number of rotatable bonds is 24. The quantitative estimate of drug-likeness (QED) is 0.0208. The van der Waals surface area contributed by atoms with Gasteiger partial charge in [-0.15, -0.1) is 52.6 Å². The molecule has 20 nitrogen and oxygen atoms in total. The fourth-order valence-electron chi connectivity index (χ4n) is 8.13. The van der Waals surface area contributed by atoms with Gasteiger partial charge in [0.1, 0.15) is 63.5 Å². The van der Waals surface area contributed by atoms with E-state index in [1.54, 1.807) is 76.2 Å². The molecule has 81 heavy (non-hydrogen) atoms. The van der Waals surface area contributed by atoms with Gasteiger partial charge >= 0.3 is 48.5 Å². The Labute approximate surface area is 473 Å². The van der Waals surface area contributed by atoms with Crippen LogP contribution in [-0.4, -0.2) is 107 Å². The predicted molar refractivity (Wildman–Crippen MR) is 304 cm³/mol. The van der Waals surface area contributed by atoms with E-state index in [2.05, 4.69) is 52.6 Å². The predicted octanol–water partition coefficient (Wildman–Crippen LogP) is 9.25. The van der Waals surface area contributed by atoms with Crippen molar-refractivity contribution in [1.29, 1.82) is 0 Å². The van der Waals surface area contributed by atoms with E-state index in [0.29, 0.717) is 0 Å². The van der Waals surface area contributed by atoms with E-state index in [0.717, 1.165) is 22.3 Å². The van der Waals surface area contributed by atoms with Crippen molar-refractivity contribution in [2.24, 2.45) is 5.41 Å². The molecule has 424 valence electrons. The minimum Gasteiger partial charge on any atom is -0.431 e. The lowest BCUT2D eigenvalue weighted by Crippen LogP contribution is -2.74. The first-order chi connectivity index (χ1) is 38.7. The van der Waals surface area contributed by atoms with Gasteiger partial charge < -0.3 is 18.9 Å². The largest absolute Gasteiger partial charge is 0.549 e. The third kappa shape index (κ3) is 17.3. The van der Waals surface area contributed by atoms with Crippen LogP contribution in [0.3, 0.4) is 0 Å².